The van der Waals surface area contributed by atoms with Crippen molar-refractivity contribution in [2.45, 2.75) is 51.7 Å². The molecule has 1 amide bonds. The van der Waals surface area contributed by atoms with E-state index < -0.39 is 0 Å². The van der Waals surface area contributed by atoms with E-state index in [-0.39, 0.29) is 5.91 Å². The fourth-order valence-corrected chi connectivity index (χ4v) is 4.84. The average molecular weight is 440 g/mol. The van der Waals surface area contributed by atoms with Crippen LogP contribution in [0.1, 0.15) is 49.4 Å². The van der Waals surface area contributed by atoms with Crippen molar-refractivity contribution in [3.63, 3.8) is 0 Å². The number of carbonyl (C=O) groups excluding carboxylic acids is 1. The topological polar surface area (TPSA) is 69.5 Å². The van der Waals surface area contributed by atoms with Gasteiger partial charge < -0.3 is 19.7 Å². The van der Waals surface area contributed by atoms with E-state index in [0.717, 1.165) is 44.2 Å². The summed E-state index contributed by atoms with van der Waals surface area (Å²) in [6.07, 6.45) is 7.26. The Morgan fingerprint density at radius 3 is 2.66 bits per heavy atom. The van der Waals surface area contributed by atoms with Gasteiger partial charge in [0.05, 0.1) is 6.54 Å². The molecule has 0 aromatic carbocycles. The van der Waals surface area contributed by atoms with Crippen LogP contribution in [-0.2, 0) is 13.6 Å². The van der Waals surface area contributed by atoms with Crippen LogP contribution in [0.15, 0.2) is 30.6 Å². The highest BCUT2D eigenvalue weighted by Gasteiger charge is 2.27. The van der Waals surface area contributed by atoms with Gasteiger partial charge in [-0.2, -0.15) is 0 Å². The Morgan fingerprint density at radius 2 is 1.94 bits per heavy atom. The number of aromatic nitrogens is 3. The van der Waals surface area contributed by atoms with Crippen LogP contribution in [0.5, 0.6) is 0 Å². The van der Waals surface area contributed by atoms with Gasteiger partial charge in [-0.25, -0.2) is 9.97 Å². The van der Waals surface area contributed by atoms with Crippen molar-refractivity contribution in [2.24, 2.45) is 7.05 Å². The van der Waals surface area contributed by atoms with Crippen LogP contribution in [0, 0.1) is 0 Å². The zero-order chi connectivity index (χ0) is 22.5. The summed E-state index contributed by atoms with van der Waals surface area (Å²) in [5.74, 6) is 1.55. The third-order valence-electron chi connectivity index (χ3n) is 6.90. The number of aryl methyl sites for hydroxylation is 1. The minimum atomic E-state index is -0.164. The van der Waals surface area contributed by atoms with E-state index in [0.29, 0.717) is 24.3 Å². The molecule has 0 radical (unpaired) electrons. The van der Waals surface area contributed by atoms with Gasteiger partial charge in [-0.05, 0) is 58.3 Å². The summed E-state index contributed by atoms with van der Waals surface area (Å²) in [4.78, 5) is 29.2. The van der Waals surface area contributed by atoms with Crippen molar-refractivity contribution < 1.29 is 4.79 Å². The maximum Gasteiger partial charge on any atom is 0.270 e. The number of piperidine rings is 1. The number of pyridine rings is 1. The second-order valence-electron chi connectivity index (χ2n) is 9.26. The molecule has 2 aromatic rings. The average Bonchev–Trinajstić information content (AvgIpc) is 3.07. The first-order valence-corrected chi connectivity index (χ1v) is 12.0. The molecule has 1 N–H and O–H groups in total. The molecule has 2 aliphatic rings. The third-order valence-corrected chi connectivity index (χ3v) is 6.90. The summed E-state index contributed by atoms with van der Waals surface area (Å²) in [5.41, 5.74) is 0.457. The highest BCUT2D eigenvalue weighted by Crippen LogP contribution is 2.21. The number of hydrogen-bond donors (Lipinski definition) is 1. The summed E-state index contributed by atoms with van der Waals surface area (Å²) >= 11 is 0. The Morgan fingerprint density at radius 1 is 1.12 bits per heavy atom. The molecule has 0 bridgehead atoms. The summed E-state index contributed by atoms with van der Waals surface area (Å²) in [5, 5.41) is 2.93. The molecule has 2 aliphatic heterocycles. The Labute approximate surface area is 191 Å². The maximum atomic E-state index is 12.6. The first kappa shape index (κ1) is 22.7. The van der Waals surface area contributed by atoms with E-state index in [1.807, 2.05) is 29.9 Å². The van der Waals surface area contributed by atoms with E-state index in [9.17, 15) is 4.79 Å². The second-order valence-corrected chi connectivity index (χ2v) is 9.26. The molecule has 2 saturated heterocycles. The number of hydrogen-bond acceptors (Lipinski definition) is 6. The van der Waals surface area contributed by atoms with Crippen molar-refractivity contribution in [3.8, 4) is 0 Å². The molecule has 0 spiro atoms. The molecule has 174 valence electrons. The van der Waals surface area contributed by atoms with Gasteiger partial charge in [-0.15, -0.1) is 0 Å². The molecule has 4 rings (SSSR count). The van der Waals surface area contributed by atoms with E-state index in [2.05, 4.69) is 43.8 Å². The lowest BCUT2D eigenvalue weighted by molar-refractivity contribution is 0.0944. The lowest BCUT2D eigenvalue weighted by Gasteiger charge is -2.39. The van der Waals surface area contributed by atoms with Crippen molar-refractivity contribution in [1.82, 2.24) is 29.7 Å². The molecule has 2 fully saturated rings. The number of likely N-dealkylation sites (tertiary alicyclic amines) is 1. The Kier molecular flexibility index (Phi) is 7.42. The molecule has 8 nitrogen and oxygen atoms in total. The molecule has 8 heteroatoms. The normalized spacial score (nSPS) is 19.3. The predicted molar refractivity (Wildman–Crippen MR) is 127 cm³/mol. The highest BCUT2D eigenvalue weighted by molar-refractivity contribution is 5.92. The Balaban J connectivity index is 1.32. The van der Waals surface area contributed by atoms with Crippen LogP contribution in [-0.4, -0.2) is 81.6 Å². The lowest BCUT2D eigenvalue weighted by atomic mass is 10.0. The SMILES string of the molecule is CC(C)N1CCC(N2CCCN(c3cccc(C(=O)NCc4nccn4C)n3)CC2)CC1. The molecule has 0 aliphatic carbocycles. The number of carbonyl (C=O) groups is 1. The number of nitrogens with one attached hydrogen (secondary N) is 1. The molecular formula is C24H37N7O. The molecule has 32 heavy (non-hydrogen) atoms. The molecule has 0 unspecified atom stereocenters. The van der Waals surface area contributed by atoms with E-state index >= 15 is 0 Å². The minimum absolute atomic E-state index is 0.164. The van der Waals surface area contributed by atoms with Gasteiger partial charge in [0.15, 0.2) is 0 Å². The monoisotopic (exact) mass is 439 g/mol. The van der Waals surface area contributed by atoms with Gasteiger partial charge in [0.1, 0.15) is 17.3 Å². The number of amides is 1. The van der Waals surface area contributed by atoms with Crippen molar-refractivity contribution in [3.05, 3.63) is 42.1 Å². The highest BCUT2D eigenvalue weighted by atomic mass is 16.1. The van der Waals surface area contributed by atoms with Crippen LogP contribution in [0.4, 0.5) is 5.82 Å². The summed E-state index contributed by atoms with van der Waals surface area (Å²) in [6, 6.07) is 7.08. The minimum Gasteiger partial charge on any atom is -0.355 e. The smallest absolute Gasteiger partial charge is 0.270 e. The molecule has 4 heterocycles. The van der Waals surface area contributed by atoms with E-state index in [4.69, 9.17) is 0 Å². The summed E-state index contributed by atoms with van der Waals surface area (Å²) < 4.78 is 1.90. The fraction of sp³-hybridized carbons (Fsp3) is 0.625. The van der Waals surface area contributed by atoms with Crippen LogP contribution in [0.2, 0.25) is 0 Å². The quantitative estimate of drug-likeness (QED) is 0.744. The molecule has 0 saturated carbocycles. The van der Waals surface area contributed by atoms with Gasteiger partial charge in [0.2, 0.25) is 0 Å². The third kappa shape index (κ3) is 5.48. The zero-order valence-corrected chi connectivity index (χ0v) is 19.7. The second kappa shape index (κ2) is 10.4. The Bertz CT molecular complexity index is 888. The van der Waals surface area contributed by atoms with E-state index in [1.165, 1.54) is 25.9 Å². The molecule has 0 atom stereocenters. The van der Waals surface area contributed by atoms with Crippen LogP contribution in [0.3, 0.4) is 0 Å². The van der Waals surface area contributed by atoms with Gasteiger partial charge in [0, 0.05) is 57.7 Å². The van der Waals surface area contributed by atoms with Gasteiger partial charge in [-0.1, -0.05) is 6.07 Å². The van der Waals surface area contributed by atoms with Gasteiger partial charge in [0.25, 0.3) is 5.91 Å². The maximum absolute atomic E-state index is 12.6. The lowest BCUT2D eigenvalue weighted by Crippen LogP contribution is -2.47. The zero-order valence-electron chi connectivity index (χ0n) is 19.7. The van der Waals surface area contributed by atoms with E-state index in [1.54, 1.807) is 12.3 Å². The number of rotatable bonds is 6. The van der Waals surface area contributed by atoms with Crippen LogP contribution < -0.4 is 10.2 Å². The van der Waals surface area contributed by atoms with Crippen molar-refractivity contribution in [1.29, 1.82) is 0 Å². The number of anilines is 1. The number of nitrogens with zero attached hydrogens (tertiary/aromatic N) is 6. The van der Waals surface area contributed by atoms with Gasteiger partial charge >= 0.3 is 0 Å². The summed E-state index contributed by atoms with van der Waals surface area (Å²) in [7, 11) is 1.92. The standard InChI is InChI=1S/C24H37N7O/c1-19(2)29-13-8-20(9-14-29)30-11-5-12-31(17-16-30)22-7-4-6-21(27-22)24(32)26-18-23-25-10-15-28(23)3/h4,6-7,10,15,19-20H,5,8-9,11-14,16-18H2,1-3H3,(H,26,32). The summed E-state index contributed by atoms with van der Waals surface area (Å²) in [6.45, 7) is 11.5. The molecular weight excluding hydrogens is 402 g/mol. The predicted octanol–water partition coefficient (Wildman–Crippen LogP) is 2.13. The van der Waals surface area contributed by atoms with Crippen molar-refractivity contribution >= 4 is 11.7 Å². The van der Waals surface area contributed by atoms with Crippen LogP contribution >= 0.6 is 0 Å². The fourth-order valence-electron chi connectivity index (χ4n) is 4.84. The number of imidazole rings is 1. The Hall–Kier alpha value is -2.45. The first-order chi connectivity index (χ1) is 15.5. The van der Waals surface area contributed by atoms with Crippen molar-refractivity contribution in [2.75, 3.05) is 44.2 Å². The van der Waals surface area contributed by atoms with Crippen LogP contribution in [0.25, 0.3) is 0 Å². The molecule has 2 aromatic heterocycles. The van der Waals surface area contributed by atoms with Gasteiger partial charge in [-0.3, -0.25) is 9.69 Å². The largest absolute Gasteiger partial charge is 0.355 e. The first-order valence-electron chi connectivity index (χ1n) is 12.0.